The maximum Gasteiger partial charge on any atom is 0.419 e. The molecular weight excluding hydrogens is 223 g/mol. The van der Waals surface area contributed by atoms with Gasteiger partial charge >= 0.3 is 6.18 Å². The zero-order valence-corrected chi connectivity index (χ0v) is 8.73. The van der Waals surface area contributed by atoms with Gasteiger partial charge in [0.15, 0.2) is 5.78 Å². The first kappa shape index (κ1) is 12.7. The first-order chi connectivity index (χ1) is 7.23. The molecule has 0 bridgehead atoms. The topological polar surface area (TPSA) is 17.1 Å². The first-order valence-corrected chi connectivity index (χ1v) is 4.64. The summed E-state index contributed by atoms with van der Waals surface area (Å²) in [7, 11) is 0. The van der Waals surface area contributed by atoms with Gasteiger partial charge in [0.1, 0.15) is 5.82 Å². The Morgan fingerprint density at radius 1 is 1.25 bits per heavy atom. The second-order valence-corrected chi connectivity index (χ2v) is 3.71. The lowest BCUT2D eigenvalue weighted by atomic mass is 9.99. The summed E-state index contributed by atoms with van der Waals surface area (Å²) in [6.45, 7) is 3.14. The molecule has 0 amide bonds. The lowest BCUT2D eigenvalue weighted by Gasteiger charge is -2.10. The van der Waals surface area contributed by atoms with E-state index in [2.05, 4.69) is 0 Å². The van der Waals surface area contributed by atoms with Crippen LogP contribution >= 0.6 is 0 Å². The second kappa shape index (κ2) is 4.23. The molecule has 88 valence electrons. The van der Waals surface area contributed by atoms with Crippen LogP contribution in [0.15, 0.2) is 18.2 Å². The molecule has 0 aliphatic carbocycles. The van der Waals surface area contributed by atoms with E-state index in [4.69, 9.17) is 0 Å². The van der Waals surface area contributed by atoms with Crippen LogP contribution < -0.4 is 0 Å². The fraction of sp³-hybridized carbons (Fsp3) is 0.364. The number of benzene rings is 1. The molecule has 1 rings (SSSR count). The number of alkyl halides is 3. The highest BCUT2D eigenvalue weighted by molar-refractivity contribution is 5.97. The Morgan fingerprint density at radius 3 is 2.25 bits per heavy atom. The van der Waals surface area contributed by atoms with Crippen LogP contribution in [0.2, 0.25) is 0 Å². The average Bonchev–Trinajstić information content (AvgIpc) is 2.15. The first-order valence-electron chi connectivity index (χ1n) is 4.64. The van der Waals surface area contributed by atoms with Crippen molar-refractivity contribution in [2.24, 2.45) is 5.92 Å². The summed E-state index contributed by atoms with van der Waals surface area (Å²) in [5.41, 5.74) is -1.53. The Labute approximate surface area is 90.1 Å². The Kier molecular flexibility index (Phi) is 3.35. The third kappa shape index (κ3) is 2.59. The van der Waals surface area contributed by atoms with Crippen LogP contribution in [-0.2, 0) is 6.18 Å². The molecule has 0 aliphatic heterocycles. The largest absolute Gasteiger partial charge is 0.419 e. The minimum Gasteiger partial charge on any atom is -0.294 e. The van der Waals surface area contributed by atoms with Gasteiger partial charge in [0.05, 0.1) is 5.56 Å². The van der Waals surface area contributed by atoms with Crippen LogP contribution in [0.25, 0.3) is 0 Å². The number of rotatable bonds is 2. The maximum atomic E-state index is 12.9. The maximum absolute atomic E-state index is 12.9. The molecule has 16 heavy (non-hydrogen) atoms. The smallest absolute Gasteiger partial charge is 0.294 e. The fourth-order valence-corrected chi connectivity index (χ4v) is 1.23. The molecule has 0 fully saturated rings. The summed E-state index contributed by atoms with van der Waals surface area (Å²) in [4.78, 5) is 11.4. The van der Waals surface area contributed by atoms with E-state index >= 15 is 0 Å². The van der Waals surface area contributed by atoms with E-state index in [1.165, 1.54) is 0 Å². The van der Waals surface area contributed by atoms with Crippen molar-refractivity contribution in [2.45, 2.75) is 20.0 Å². The van der Waals surface area contributed by atoms with Crippen LogP contribution in [0.3, 0.4) is 0 Å². The van der Waals surface area contributed by atoms with Crippen molar-refractivity contribution in [3.8, 4) is 0 Å². The highest BCUT2D eigenvalue weighted by atomic mass is 19.4. The number of carbonyl (C=O) groups excluding carboxylic acids is 1. The van der Waals surface area contributed by atoms with E-state index in [0.29, 0.717) is 12.1 Å². The van der Waals surface area contributed by atoms with Gasteiger partial charge in [-0.3, -0.25) is 4.79 Å². The summed E-state index contributed by atoms with van der Waals surface area (Å²) >= 11 is 0. The average molecular weight is 233 g/mol. The fourth-order valence-electron chi connectivity index (χ4n) is 1.23. The molecule has 0 spiro atoms. The second-order valence-electron chi connectivity index (χ2n) is 3.71. The van der Waals surface area contributed by atoms with Crippen LogP contribution in [0.4, 0.5) is 17.6 Å². The van der Waals surface area contributed by atoms with Gasteiger partial charge in [0.25, 0.3) is 0 Å². The van der Waals surface area contributed by atoms with Crippen molar-refractivity contribution < 1.29 is 22.4 Å². The molecule has 0 N–H and O–H groups in total. The summed E-state index contributed by atoms with van der Waals surface area (Å²) in [6.07, 6.45) is -4.78. The van der Waals surface area contributed by atoms with Gasteiger partial charge in [0, 0.05) is 11.5 Å². The lowest BCUT2D eigenvalue weighted by molar-refractivity contribution is -0.140. The molecule has 0 saturated heterocycles. The summed E-state index contributed by atoms with van der Waals surface area (Å²) in [6, 6.07) is 2.28. The van der Waals surface area contributed by atoms with Crippen LogP contribution in [0.5, 0.6) is 0 Å². The van der Waals surface area contributed by atoms with E-state index < -0.39 is 29.3 Å². The Bertz CT molecular complexity index is 407. The van der Waals surface area contributed by atoms with Crippen LogP contribution in [0.1, 0.15) is 29.8 Å². The predicted octanol–water partition coefficient (Wildman–Crippen LogP) is 3.68. The van der Waals surface area contributed by atoms with Crippen LogP contribution in [0, 0.1) is 11.7 Å². The summed E-state index contributed by atoms with van der Waals surface area (Å²) < 4.78 is 49.9. The summed E-state index contributed by atoms with van der Waals surface area (Å²) in [5.74, 6) is -2.23. The minimum absolute atomic E-state index is 0.122. The number of hydrogen-bond donors (Lipinski definition) is 0. The van der Waals surface area contributed by atoms with E-state index in [1.54, 1.807) is 13.8 Å². The van der Waals surface area contributed by atoms with E-state index in [0.717, 1.165) is 6.07 Å². The molecule has 1 aromatic carbocycles. The van der Waals surface area contributed by atoms with Gasteiger partial charge in [0.2, 0.25) is 0 Å². The van der Waals surface area contributed by atoms with Gasteiger partial charge < -0.3 is 0 Å². The van der Waals surface area contributed by atoms with Gasteiger partial charge in [-0.25, -0.2) is 4.39 Å². The van der Waals surface area contributed by atoms with Crippen molar-refractivity contribution in [1.82, 2.24) is 0 Å². The highest BCUT2D eigenvalue weighted by Crippen LogP contribution is 2.32. The third-order valence-corrected chi connectivity index (χ3v) is 2.08. The Morgan fingerprint density at radius 2 is 1.81 bits per heavy atom. The SMILES string of the molecule is CC(C)C(=O)c1ccc([18F])c(C(F)(F)F)c1. The van der Waals surface area contributed by atoms with Gasteiger partial charge in [-0.05, 0) is 18.2 Å². The number of carbonyl (C=O) groups is 1. The van der Waals surface area contributed by atoms with E-state index in [9.17, 15) is 22.4 Å². The molecule has 1 aromatic rings. The molecule has 1 nitrogen and oxygen atoms in total. The molecule has 0 saturated carbocycles. The summed E-state index contributed by atoms with van der Waals surface area (Å²) in [5, 5.41) is 0. The van der Waals surface area contributed by atoms with E-state index in [-0.39, 0.29) is 5.56 Å². The zero-order chi connectivity index (χ0) is 12.5. The molecule has 0 unspecified atom stereocenters. The van der Waals surface area contributed by atoms with Gasteiger partial charge in [-0.15, -0.1) is 0 Å². The van der Waals surface area contributed by atoms with Crippen molar-refractivity contribution in [3.63, 3.8) is 0 Å². The minimum atomic E-state index is -4.78. The number of Topliss-reactive ketones (excluding diaryl/α,β-unsaturated/α-hetero) is 1. The number of ketones is 1. The molecule has 0 radical (unpaired) electrons. The van der Waals surface area contributed by atoms with Crippen molar-refractivity contribution >= 4 is 5.78 Å². The predicted molar refractivity (Wildman–Crippen MR) is 50.6 cm³/mol. The van der Waals surface area contributed by atoms with Crippen molar-refractivity contribution in [2.75, 3.05) is 0 Å². The Hall–Kier alpha value is -1.39. The van der Waals surface area contributed by atoms with Crippen molar-refractivity contribution in [3.05, 3.63) is 35.1 Å². The van der Waals surface area contributed by atoms with Gasteiger partial charge in [-0.1, -0.05) is 13.8 Å². The standard InChI is InChI=1S/C11H10F4O/c1-6(2)10(16)7-3-4-9(12)8(5-7)11(13,14)15/h3-6H,1-2H3/i12-1. The molecule has 5 heteroatoms. The van der Waals surface area contributed by atoms with E-state index in [1.807, 2.05) is 0 Å². The van der Waals surface area contributed by atoms with Crippen molar-refractivity contribution in [1.29, 1.82) is 0 Å². The van der Waals surface area contributed by atoms with Crippen LogP contribution in [-0.4, -0.2) is 5.78 Å². The molecular formula is C11H10F4O. The normalized spacial score (nSPS) is 11.9. The number of hydrogen-bond acceptors (Lipinski definition) is 1. The molecule has 0 aliphatic rings. The monoisotopic (exact) mass is 233 g/mol. The highest BCUT2D eigenvalue weighted by Gasteiger charge is 2.34. The molecule has 0 aromatic heterocycles. The number of halogens is 4. The molecule has 0 heterocycles. The van der Waals surface area contributed by atoms with Gasteiger partial charge in [-0.2, -0.15) is 13.2 Å². The lowest BCUT2D eigenvalue weighted by Crippen LogP contribution is -2.13. The zero-order valence-electron chi connectivity index (χ0n) is 8.73. The quantitative estimate of drug-likeness (QED) is 0.562. The third-order valence-electron chi connectivity index (χ3n) is 2.08. The molecule has 0 atom stereocenters. The Balaban J connectivity index is 3.23.